The van der Waals surface area contributed by atoms with E-state index in [-0.39, 0.29) is 12.5 Å². The predicted molar refractivity (Wildman–Crippen MR) is 106 cm³/mol. The van der Waals surface area contributed by atoms with Gasteiger partial charge in [0.2, 0.25) is 0 Å². The van der Waals surface area contributed by atoms with Gasteiger partial charge in [-0.25, -0.2) is 0 Å². The molecule has 0 saturated carbocycles. The molecule has 1 unspecified atom stereocenters. The highest BCUT2D eigenvalue weighted by molar-refractivity contribution is 5.66. The molecule has 0 aliphatic rings. The van der Waals surface area contributed by atoms with Gasteiger partial charge in [-0.2, -0.15) is 0 Å². The summed E-state index contributed by atoms with van der Waals surface area (Å²) in [7, 11) is 0. The molecule has 0 aromatic rings. The summed E-state index contributed by atoms with van der Waals surface area (Å²) < 4.78 is 0.958. The van der Waals surface area contributed by atoms with Crippen LogP contribution in [0.1, 0.15) is 85.0 Å². The fraction of sp³-hybridized carbons (Fsp3) is 0.857. The fourth-order valence-corrected chi connectivity index (χ4v) is 3.43. The molecule has 0 bridgehead atoms. The average Bonchev–Trinajstić information content (AvgIpc) is 2.58. The van der Waals surface area contributed by atoms with E-state index in [1.54, 1.807) is 0 Å². The molecule has 25 heavy (non-hydrogen) atoms. The summed E-state index contributed by atoms with van der Waals surface area (Å²) in [5.74, 6) is -0.706. The van der Waals surface area contributed by atoms with Gasteiger partial charge in [-0.05, 0) is 44.9 Å². The van der Waals surface area contributed by atoms with Gasteiger partial charge in [0.05, 0.1) is 19.6 Å². The molecular formula is C21H42NO3+. The molecule has 0 fully saturated rings. The van der Waals surface area contributed by atoms with E-state index in [0.717, 1.165) is 75.6 Å². The second-order valence-electron chi connectivity index (χ2n) is 7.36. The van der Waals surface area contributed by atoms with E-state index in [1.165, 1.54) is 12.8 Å². The minimum Gasteiger partial charge on any atom is -0.481 e. The molecule has 0 amide bonds. The first-order chi connectivity index (χ1) is 12.0. The summed E-state index contributed by atoms with van der Waals surface area (Å²) >= 11 is 0. The predicted octanol–water partition coefficient (Wildman–Crippen LogP) is 4.77. The normalized spacial score (nSPS) is 13.4. The molecule has 0 aromatic heterocycles. The minimum absolute atomic E-state index is 0.256. The van der Waals surface area contributed by atoms with Crippen LogP contribution in [0.5, 0.6) is 0 Å². The first-order valence-electron chi connectivity index (χ1n) is 10.4. The SMILES string of the molecule is CC/C=C/CCC(O)C[N+](CCCC)(CCCC)CCCCC(=O)O. The molecule has 0 saturated heterocycles. The lowest BCUT2D eigenvalue weighted by Crippen LogP contribution is -2.54. The molecule has 0 radical (unpaired) electrons. The van der Waals surface area contributed by atoms with Gasteiger partial charge >= 0.3 is 5.97 Å². The molecule has 1 atom stereocenters. The third-order valence-electron chi connectivity index (χ3n) is 4.91. The Bertz CT molecular complexity index is 347. The summed E-state index contributed by atoms with van der Waals surface area (Å²) in [4.78, 5) is 10.8. The molecule has 2 N–H and O–H groups in total. The molecule has 0 aromatic carbocycles. The standard InChI is InChI=1S/C21H41NO3/c1-4-7-10-11-14-20(23)19-22(16-8-5-2,17-9-6-3)18-13-12-15-21(24)25/h7,10,20,23H,4-6,8-9,11-19H2,1-3H3/p+1/b10-7+. The van der Waals surface area contributed by atoms with Gasteiger partial charge in [-0.1, -0.05) is 45.8 Å². The molecule has 148 valence electrons. The smallest absolute Gasteiger partial charge is 0.303 e. The second-order valence-corrected chi connectivity index (χ2v) is 7.36. The number of carbonyl (C=O) groups is 1. The first kappa shape index (κ1) is 24.1. The molecule has 4 heteroatoms. The Kier molecular flexibility index (Phi) is 14.9. The zero-order chi connectivity index (χ0) is 19.0. The molecule has 0 spiro atoms. The summed E-state index contributed by atoms with van der Waals surface area (Å²) in [5, 5.41) is 19.4. The zero-order valence-electron chi connectivity index (χ0n) is 16.9. The Morgan fingerprint density at radius 2 is 1.56 bits per heavy atom. The van der Waals surface area contributed by atoms with E-state index in [2.05, 4.69) is 32.9 Å². The van der Waals surface area contributed by atoms with Gasteiger partial charge < -0.3 is 14.7 Å². The van der Waals surface area contributed by atoms with Gasteiger partial charge in [-0.3, -0.25) is 4.79 Å². The lowest BCUT2D eigenvalue weighted by molar-refractivity contribution is -0.931. The van der Waals surface area contributed by atoms with Crippen LogP contribution in [-0.2, 0) is 4.79 Å². The van der Waals surface area contributed by atoms with E-state index >= 15 is 0 Å². The Hall–Kier alpha value is -0.870. The molecular weight excluding hydrogens is 314 g/mol. The van der Waals surface area contributed by atoms with E-state index in [9.17, 15) is 9.90 Å². The Labute approximate surface area is 155 Å². The number of hydrogen-bond acceptors (Lipinski definition) is 2. The van der Waals surface area contributed by atoms with Crippen LogP contribution < -0.4 is 0 Å². The van der Waals surface area contributed by atoms with Gasteiger partial charge in [-0.15, -0.1) is 0 Å². The number of nitrogens with zero attached hydrogens (tertiary/aromatic N) is 1. The van der Waals surface area contributed by atoms with Gasteiger partial charge in [0.15, 0.2) is 0 Å². The molecule has 0 rings (SSSR count). The maximum absolute atomic E-state index is 10.8. The van der Waals surface area contributed by atoms with Gasteiger partial charge in [0.25, 0.3) is 0 Å². The Morgan fingerprint density at radius 3 is 2.08 bits per heavy atom. The lowest BCUT2D eigenvalue weighted by atomic mass is 10.1. The number of aliphatic hydroxyl groups excluding tert-OH is 1. The Morgan fingerprint density at radius 1 is 0.960 bits per heavy atom. The Balaban J connectivity index is 4.76. The molecule has 0 aliphatic heterocycles. The van der Waals surface area contributed by atoms with E-state index in [0.29, 0.717) is 0 Å². The van der Waals surface area contributed by atoms with Crippen molar-refractivity contribution in [2.75, 3.05) is 26.2 Å². The van der Waals surface area contributed by atoms with Crippen LogP contribution in [0, 0.1) is 0 Å². The molecule has 4 nitrogen and oxygen atoms in total. The third-order valence-corrected chi connectivity index (χ3v) is 4.91. The number of hydrogen-bond donors (Lipinski definition) is 2. The number of carboxylic acids is 1. The van der Waals surface area contributed by atoms with Crippen molar-refractivity contribution in [2.45, 2.75) is 91.1 Å². The van der Waals surface area contributed by atoms with Crippen molar-refractivity contribution in [3.05, 3.63) is 12.2 Å². The monoisotopic (exact) mass is 356 g/mol. The van der Waals surface area contributed by atoms with Crippen molar-refractivity contribution in [1.29, 1.82) is 0 Å². The average molecular weight is 357 g/mol. The summed E-state index contributed by atoms with van der Waals surface area (Å²) in [6, 6.07) is 0. The summed E-state index contributed by atoms with van der Waals surface area (Å²) in [6.45, 7) is 10.6. The van der Waals surface area contributed by atoms with Crippen LogP contribution in [0.2, 0.25) is 0 Å². The van der Waals surface area contributed by atoms with E-state index in [1.807, 2.05) is 0 Å². The second kappa shape index (κ2) is 15.4. The number of aliphatic hydroxyl groups is 1. The lowest BCUT2D eigenvalue weighted by Gasteiger charge is -2.40. The minimum atomic E-state index is -0.706. The van der Waals surface area contributed by atoms with Crippen molar-refractivity contribution in [2.24, 2.45) is 0 Å². The topological polar surface area (TPSA) is 57.5 Å². The molecule has 0 heterocycles. The van der Waals surface area contributed by atoms with Crippen LogP contribution in [0.3, 0.4) is 0 Å². The van der Waals surface area contributed by atoms with Crippen LogP contribution in [0.25, 0.3) is 0 Å². The quantitative estimate of drug-likeness (QED) is 0.224. The van der Waals surface area contributed by atoms with Gasteiger partial charge in [0, 0.05) is 6.42 Å². The number of carboxylic acid groups (broad SMARTS) is 1. The van der Waals surface area contributed by atoms with Crippen LogP contribution in [0.4, 0.5) is 0 Å². The number of quaternary nitrogens is 1. The number of aliphatic carboxylic acids is 1. The highest BCUT2D eigenvalue weighted by Gasteiger charge is 2.29. The van der Waals surface area contributed by atoms with E-state index in [4.69, 9.17) is 5.11 Å². The highest BCUT2D eigenvalue weighted by Crippen LogP contribution is 2.18. The summed E-state index contributed by atoms with van der Waals surface area (Å²) in [6.07, 6.45) is 13.5. The van der Waals surface area contributed by atoms with Crippen molar-refractivity contribution >= 4 is 5.97 Å². The zero-order valence-corrected chi connectivity index (χ0v) is 16.9. The van der Waals surface area contributed by atoms with E-state index < -0.39 is 5.97 Å². The fourth-order valence-electron chi connectivity index (χ4n) is 3.43. The van der Waals surface area contributed by atoms with Gasteiger partial charge in [0.1, 0.15) is 12.6 Å². The maximum atomic E-state index is 10.8. The van der Waals surface area contributed by atoms with Crippen LogP contribution in [-0.4, -0.2) is 52.9 Å². The van der Waals surface area contributed by atoms with Crippen molar-refractivity contribution in [3.63, 3.8) is 0 Å². The third kappa shape index (κ3) is 13.1. The van der Waals surface area contributed by atoms with Crippen molar-refractivity contribution in [3.8, 4) is 0 Å². The number of allylic oxidation sites excluding steroid dienone is 2. The van der Waals surface area contributed by atoms with Crippen LogP contribution in [0.15, 0.2) is 12.2 Å². The highest BCUT2D eigenvalue weighted by atomic mass is 16.4. The largest absolute Gasteiger partial charge is 0.481 e. The van der Waals surface area contributed by atoms with Crippen molar-refractivity contribution < 1.29 is 19.5 Å². The summed E-state index contributed by atoms with van der Waals surface area (Å²) in [5.41, 5.74) is 0. The van der Waals surface area contributed by atoms with Crippen LogP contribution >= 0.6 is 0 Å². The van der Waals surface area contributed by atoms with Crippen molar-refractivity contribution in [1.82, 2.24) is 0 Å². The molecule has 0 aliphatic carbocycles. The number of rotatable bonds is 17. The first-order valence-corrected chi connectivity index (χ1v) is 10.4. The number of unbranched alkanes of at least 4 members (excludes halogenated alkanes) is 3. The maximum Gasteiger partial charge on any atom is 0.303 e.